The van der Waals surface area contributed by atoms with E-state index in [1.165, 1.54) is 12.1 Å². The van der Waals surface area contributed by atoms with Gasteiger partial charge in [-0.3, -0.25) is 10.1 Å². The molecule has 0 bridgehead atoms. The van der Waals surface area contributed by atoms with Crippen LogP contribution in [0.4, 0.5) is 20.6 Å². The Morgan fingerprint density at radius 3 is 2.56 bits per heavy atom. The van der Waals surface area contributed by atoms with Gasteiger partial charge in [-0.1, -0.05) is 0 Å². The number of hydrogen-bond donors (Lipinski definition) is 2. The van der Waals surface area contributed by atoms with Crippen LogP contribution in [0.2, 0.25) is 0 Å². The number of benzene rings is 1. The third kappa shape index (κ3) is 4.40. The van der Waals surface area contributed by atoms with E-state index in [2.05, 4.69) is 10.6 Å². The molecule has 1 aromatic carbocycles. The Balaban J connectivity index is 2.85. The van der Waals surface area contributed by atoms with Gasteiger partial charge in [0.05, 0.1) is 11.4 Å². The molecule has 0 aliphatic carbocycles. The van der Waals surface area contributed by atoms with Gasteiger partial charge < -0.3 is 10.1 Å². The maximum atomic E-state index is 13.1. The van der Waals surface area contributed by atoms with Gasteiger partial charge in [-0.2, -0.15) is 0 Å². The molecular weight excluding hydrogens is 239 g/mol. The summed E-state index contributed by atoms with van der Waals surface area (Å²) in [6.45, 7) is 5.13. The van der Waals surface area contributed by atoms with Crippen molar-refractivity contribution in [1.29, 1.82) is 0 Å². The standard InChI is InChI=1S/C12H15FN2O3/c1-12(2,3)18-11(17)15-10-6-8(13)4-5-9(10)14-7-16/h4-7H,1-3H3,(H,14,16)(H,15,17). The Morgan fingerprint density at radius 2 is 2.00 bits per heavy atom. The molecule has 5 nitrogen and oxygen atoms in total. The highest BCUT2D eigenvalue weighted by Crippen LogP contribution is 2.23. The van der Waals surface area contributed by atoms with Crippen molar-refractivity contribution in [2.24, 2.45) is 0 Å². The van der Waals surface area contributed by atoms with E-state index in [4.69, 9.17) is 4.74 Å². The van der Waals surface area contributed by atoms with Gasteiger partial charge in [-0.05, 0) is 39.0 Å². The highest BCUT2D eigenvalue weighted by molar-refractivity contribution is 5.92. The number of rotatable bonds is 3. The Hall–Kier alpha value is -2.11. The molecule has 0 fully saturated rings. The summed E-state index contributed by atoms with van der Waals surface area (Å²) in [5.41, 5.74) is -0.232. The number of anilines is 2. The molecule has 0 saturated heterocycles. The molecule has 0 aliphatic rings. The van der Waals surface area contributed by atoms with Crippen molar-refractivity contribution in [3.63, 3.8) is 0 Å². The number of carbonyl (C=O) groups excluding carboxylic acids is 2. The van der Waals surface area contributed by atoms with Crippen LogP contribution in [0.15, 0.2) is 18.2 Å². The second-order valence-corrected chi connectivity index (χ2v) is 4.58. The molecule has 0 unspecified atom stereocenters. The van der Waals surface area contributed by atoms with Crippen molar-refractivity contribution in [2.45, 2.75) is 26.4 Å². The van der Waals surface area contributed by atoms with Crippen LogP contribution < -0.4 is 10.6 Å². The summed E-state index contributed by atoms with van der Waals surface area (Å²) < 4.78 is 18.1. The first-order valence-electron chi connectivity index (χ1n) is 5.31. The topological polar surface area (TPSA) is 67.4 Å². The molecule has 2 N–H and O–H groups in total. The molecule has 0 saturated carbocycles. The summed E-state index contributed by atoms with van der Waals surface area (Å²) in [5, 5.41) is 4.72. The lowest BCUT2D eigenvalue weighted by atomic mass is 10.2. The zero-order valence-electron chi connectivity index (χ0n) is 10.4. The Bertz CT molecular complexity index is 455. The van der Waals surface area contributed by atoms with E-state index in [-0.39, 0.29) is 11.4 Å². The molecular formula is C12H15FN2O3. The van der Waals surface area contributed by atoms with Crippen LogP contribution in [0, 0.1) is 5.82 Å². The molecule has 0 atom stereocenters. The van der Waals surface area contributed by atoms with Crippen LogP contribution >= 0.6 is 0 Å². The zero-order chi connectivity index (χ0) is 13.8. The predicted octanol–water partition coefficient (Wildman–Crippen LogP) is 2.74. The van der Waals surface area contributed by atoms with Gasteiger partial charge in [0, 0.05) is 0 Å². The Morgan fingerprint density at radius 1 is 1.33 bits per heavy atom. The van der Waals surface area contributed by atoms with Crippen molar-refractivity contribution in [2.75, 3.05) is 10.6 Å². The average molecular weight is 254 g/mol. The van der Waals surface area contributed by atoms with Crippen molar-refractivity contribution in [3.05, 3.63) is 24.0 Å². The van der Waals surface area contributed by atoms with E-state index < -0.39 is 17.5 Å². The fourth-order valence-corrected chi connectivity index (χ4v) is 1.22. The number of hydrogen-bond acceptors (Lipinski definition) is 3. The number of amides is 2. The number of nitrogens with one attached hydrogen (secondary N) is 2. The highest BCUT2D eigenvalue weighted by atomic mass is 19.1. The minimum Gasteiger partial charge on any atom is -0.444 e. The van der Waals surface area contributed by atoms with Crippen molar-refractivity contribution in [1.82, 2.24) is 0 Å². The van der Waals surface area contributed by atoms with Gasteiger partial charge in [-0.15, -0.1) is 0 Å². The van der Waals surface area contributed by atoms with Crippen LogP contribution in [-0.2, 0) is 9.53 Å². The van der Waals surface area contributed by atoms with E-state index >= 15 is 0 Å². The lowest BCUT2D eigenvalue weighted by molar-refractivity contribution is -0.105. The SMILES string of the molecule is CC(C)(C)OC(=O)Nc1cc(F)ccc1NC=O. The normalized spacial score (nSPS) is 10.7. The molecule has 2 amide bonds. The molecule has 6 heteroatoms. The van der Waals surface area contributed by atoms with Gasteiger partial charge >= 0.3 is 6.09 Å². The fourth-order valence-electron chi connectivity index (χ4n) is 1.22. The first-order valence-corrected chi connectivity index (χ1v) is 5.31. The number of halogens is 1. The van der Waals surface area contributed by atoms with E-state index in [1.807, 2.05) is 0 Å². The monoisotopic (exact) mass is 254 g/mol. The van der Waals surface area contributed by atoms with E-state index in [0.717, 1.165) is 6.07 Å². The quantitative estimate of drug-likeness (QED) is 0.815. The third-order valence-corrected chi connectivity index (χ3v) is 1.83. The lowest BCUT2D eigenvalue weighted by Crippen LogP contribution is -2.27. The van der Waals surface area contributed by atoms with Gasteiger partial charge in [0.1, 0.15) is 11.4 Å². The first-order chi connectivity index (χ1) is 8.31. The largest absolute Gasteiger partial charge is 0.444 e. The van der Waals surface area contributed by atoms with Gasteiger partial charge in [0.15, 0.2) is 0 Å². The van der Waals surface area contributed by atoms with Gasteiger partial charge in [0.2, 0.25) is 6.41 Å². The van der Waals surface area contributed by atoms with Crippen molar-refractivity contribution < 1.29 is 18.7 Å². The molecule has 0 aliphatic heterocycles. The van der Waals surface area contributed by atoms with Crippen LogP contribution in [0.25, 0.3) is 0 Å². The van der Waals surface area contributed by atoms with Crippen molar-refractivity contribution in [3.8, 4) is 0 Å². The van der Waals surface area contributed by atoms with Crippen LogP contribution in [0.3, 0.4) is 0 Å². The molecule has 98 valence electrons. The second-order valence-electron chi connectivity index (χ2n) is 4.58. The van der Waals surface area contributed by atoms with Crippen LogP contribution in [0.5, 0.6) is 0 Å². The number of ether oxygens (including phenoxy) is 1. The smallest absolute Gasteiger partial charge is 0.412 e. The van der Waals surface area contributed by atoms with Gasteiger partial charge in [-0.25, -0.2) is 9.18 Å². The molecule has 0 heterocycles. The Kier molecular flexibility index (Phi) is 4.25. The van der Waals surface area contributed by atoms with Crippen LogP contribution in [0.1, 0.15) is 20.8 Å². The third-order valence-electron chi connectivity index (χ3n) is 1.83. The maximum absolute atomic E-state index is 13.1. The van der Waals surface area contributed by atoms with Crippen LogP contribution in [-0.4, -0.2) is 18.1 Å². The maximum Gasteiger partial charge on any atom is 0.412 e. The summed E-state index contributed by atoms with van der Waals surface area (Å²) in [7, 11) is 0. The predicted molar refractivity (Wildman–Crippen MR) is 65.9 cm³/mol. The lowest BCUT2D eigenvalue weighted by Gasteiger charge is -2.20. The van der Waals surface area contributed by atoms with E-state index in [9.17, 15) is 14.0 Å². The summed E-state index contributed by atoms with van der Waals surface area (Å²) in [6.07, 6.45) is -0.282. The van der Waals surface area contributed by atoms with E-state index in [1.54, 1.807) is 20.8 Å². The van der Waals surface area contributed by atoms with E-state index in [0.29, 0.717) is 6.41 Å². The molecule has 0 aromatic heterocycles. The molecule has 0 radical (unpaired) electrons. The average Bonchev–Trinajstić information content (AvgIpc) is 2.19. The highest BCUT2D eigenvalue weighted by Gasteiger charge is 2.17. The summed E-state index contributed by atoms with van der Waals surface area (Å²) in [4.78, 5) is 21.9. The molecule has 1 aromatic rings. The molecule has 0 spiro atoms. The minimum atomic E-state index is -0.720. The summed E-state index contributed by atoms with van der Waals surface area (Å²) >= 11 is 0. The molecule has 1 rings (SSSR count). The van der Waals surface area contributed by atoms with Gasteiger partial charge in [0.25, 0.3) is 0 Å². The minimum absolute atomic E-state index is 0.136. The molecule has 18 heavy (non-hydrogen) atoms. The Labute approximate surface area is 104 Å². The van der Waals surface area contributed by atoms with Crippen molar-refractivity contribution >= 4 is 23.9 Å². The zero-order valence-corrected chi connectivity index (χ0v) is 10.4. The summed E-state index contributed by atoms with van der Waals surface area (Å²) in [6, 6.07) is 3.61. The summed E-state index contributed by atoms with van der Waals surface area (Å²) in [5.74, 6) is -0.530. The first kappa shape index (κ1) is 14.0. The second kappa shape index (κ2) is 5.48. The number of carbonyl (C=O) groups is 2. The fraction of sp³-hybridized carbons (Fsp3) is 0.333.